The Bertz CT molecular complexity index is 341. The molecular weight excluding hydrogens is 197 g/mol. The molecule has 0 radical (unpaired) electrons. The summed E-state index contributed by atoms with van der Waals surface area (Å²) in [6, 6.07) is 5.81. The summed E-state index contributed by atoms with van der Waals surface area (Å²) in [6.45, 7) is 2.29. The van der Waals surface area contributed by atoms with Gasteiger partial charge in [0.05, 0.1) is 6.61 Å². The summed E-state index contributed by atoms with van der Waals surface area (Å²) in [4.78, 5) is 12.7. The van der Waals surface area contributed by atoms with Crippen molar-refractivity contribution in [3.05, 3.63) is 30.1 Å². The van der Waals surface area contributed by atoms with Crippen LogP contribution in [0.5, 0.6) is 0 Å². The third-order valence-electron chi connectivity index (χ3n) is 1.90. The average molecular weight is 211 g/mol. The standard InChI is InChI=1S/C11H14FNO2/c1-3-7-15-11(14)13(2)10-6-4-5-9(12)8-10/h4-6,8H,3,7H2,1-2H3. The summed E-state index contributed by atoms with van der Waals surface area (Å²) in [5.41, 5.74) is 0.483. The van der Waals surface area contributed by atoms with Crippen LogP contribution in [-0.4, -0.2) is 19.7 Å². The molecule has 4 heteroatoms. The number of hydrogen-bond donors (Lipinski definition) is 0. The van der Waals surface area contributed by atoms with Crippen molar-refractivity contribution in [2.75, 3.05) is 18.6 Å². The summed E-state index contributed by atoms with van der Waals surface area (Å²) in [6.07, 6.45) is 0.297. The van der Waals surface area contributed by atoms with E-state index in [1.54, 1.807) is 19.2 Å². The number of benzene rings is 1. The summed E-state index contributed by atoms with van der Waals surface area (Å²) in [5.74, 6) is -0.373. The molecule has 0 saturated heterocycles. The first-order chi connectivity index (χ1) is 7.15. The second-order valence-electron chi connectivity index (χ2n) is 3.15. The largest absolute Gasteiger partial charge is 0.449 e. The van der Waals surface area contributed by atoms with Crippen LogP contribution in [0.1, 0.15) is 13.3 Å². The van der Waals surface area contributed by atoms with Crippen LogP contribution in [0.25, 0.3) is 0 Å². The van der Waals surface area contributed by atoms with Gasteiger partial charge in [0.1, 0.15) is 5.82 Å². The number of carbonyl (C=O) groups is 1. The zero-order valence-corrected chi connectivity index (χ0v) is 8.87. The molecule has 3 nitrogen and oxygen atoms in total. The number of carbonyl (C=O) groups excluding carboxylic acids is 1. The molecule has 0 aliphatic carbocycles. The highest BCUT2D eigenvalue weighted by Gasteiger charge is 2.11. The highest BCUT2D eigenvalue weighted by atomic mass is 19.1. The Morgan fingerprint density at radius 1 is 1.53 bits per heavy atom. The topological polar surface area (TPSA) is 29.5 Å². The van der Waals surface area contributed by atoms with Crippen molar-refractivity contribution < 1.29 is 13.9 Å². The lowest BCUT2D eigenvalue weighted by Crippen LogP contribution is -2.27. The van der Waals surface area contributed by atoms with Gasteiger partial charge in [0.15, 0.2) is 0 Å². The Balaban J connectivity index is 2.67. The van der Waals surface area contributed by atoms with Crippen molar-refractivity contribution in [1.82, 2.24) is 0 Å². The van der Waals surface area contributed by atoms with Gasteiger partial charge in [-0.25, -0.2) is 9.18 Å². The molecule has 0 N–H and O–H groups in total. The van der Waals surface area contributed by atoms with Gasteiger partial charge < -0.3 is 4.74 Å². The highest BCUT2D eigenvalue weighted by molar-refractivity contribution is 5.86. The van der Waals surface area contributed by atoms with Gasteiger partial charge in [-0.15, -0.1) is 0 Å². The Morgan fingerprint density at radius 3 is 2.87 bits per heavy atom. The van der Waals surface area contributed by atoms with Gasteiger partial charge in [-0.1, -0.05) is 13.0 Å². The maximum absolute atomic E-state index is 12.9. The molecule has 1 amide bonds. The molecule has 1 aromatic rings. The predicted molar refractivity (Wildman–Crippen MR) is 56.4 cm³/mol. The van der Waals surface area contributed by atoms with Crippen LogP contribution in [0.2, 0.25) is 0 Å². The van der Waals surface area contributed by atoms with Crippen molar-refractivity contribution >= 4 is 11.8 Å². The molecule has 0 aliphatic heterocycles. The first kappa shape index (κ1) is 11.5. The van der Waals surface area contributed by atoms with Gasteiger partial charge in [0, 0.05) is 12.7 Å². The van der Waals surface area contributed by atoms with Crippen LogP contribution in [-0.2, 0) is 4.74 Å². The Kier molecular flexibility index (Phi) is 4.09. The van der Waals surface area contributed by atoms with E-state index in [0.717, 1.165) is 6.42 Å². The van der Waals surface area contributed by atoms with Gasteiger partial charge >= 0.3 is 6.09 Å². The normalized spacial score (nSPS) is 9.80. The molecule has 1 aromatic carbocycles. The lowest BCUT2D eigenvalue weighted by atomic mass is 10.3. The number of anilines is 1. The zero-order chi connectivity index (χ0) is 11.3. The van der Waals surface area contributed by atoms with Crippen molar-refractivity contribution in [2.45, 2.75) is 13.3 Å². The molecule has 0 aliphatic rings. The second-order valence-corrected chi connectivity index (χ2v) is 3.15. The molecule has 82 valence electrons. The van der Waals surface area contributed by atoms with Crippen LogP contribution in [0.4, 0.5) is 14.9 Å². The molecule has 0 fully saturated rings. The van der Waals surface area contributed by atoms with Crippen LogP contribution >= 0.6 is 0 Å². The summed E-state index contributed by atoms with van der Waals surface area (Å²) in [5, 5.41) is 0. The van der Waals surface area contributed by atoms with Gasteiger partial charge in [0.25, 0.3) is 0 Å². The van der Waals surface area contributed by atoms with E-state index in [-0.39, 0.29) is 5.82 Å². The van der Waals surface area contributed by atoms with E-state index in [9.17, 15) is 9.18 Å². The fourth-order valence-electron chi connectivity index (χ4n) is 1.08. The minimum atomic E-state index is -0.470. The maximum atomic E-state index is 12.9. The second kappa shape index (κ2) is 5.34. The zero-order valence-electron chi connectivity index (χ0n) is 8.87. The summed E-state index contributed by atoms with van der Waals surface area (Å²) >= 11 is 0. The van der Waals surface area contributed by atoms with E-state index >= 15 is 0 Å². The number of hydrogen-bond acceptors (Lipinski definition) is 2. The van der Waals surface area contributed by atoms with Crippen molar-refractivity contribution in [1.29, 1.82) is 0 Å². The number of amides is 1. The smallest absolute Gasteiger partial charge is 0.414 e. The molecule has 15 heavy (non-hydrogen) atoms. The lowest BCUT2D eigenvalue weighted by Gasteiger charge is -2.16. The van der Waals surface area contributed by atoms with Gasteiger partial charge in [-0.2, -0.15) is 0 Å². The molecule has 0 spiro atoms. The van der Waals surface area contributed by atoms with E-state index in [4.69, 9.17) is 4.74 Å². The van der Waals surface area contributed by atoms with Crippen molar-refractivity contribution in [3.8, 4) is 0 Å². The lowest BCUT2D eigenvalue weighted by molar-refractivity contribution is 0.155. The van der Waals surface area contributed by atoms with Crippen LogP contribution < -0.4 is 4.90 Å². The fourth-order valence-corrected chi connectivity index (χ4v) is 1.08. The molecule has 0 unspecified atom stereocenters. The number of rotatable bonds is 3. The molecule has 0 heterocycles. The molecule has 0 atom stereocenters. The van der Waals surface area contributed by atoms with Crippen molar-refractivity contribution in [3.63, 3.8) is 0 Å². The first-order valence-electron chi connectivity index (χ1n) is 4.81. The van der Waals surface area contributed by atoms with E-state index in [1.807, 2.05) is 6.92 Å². The minimum Gasteiger partial charge on any atom is -0.449 e. The van der Waals surface area contributed by atoms with Crippen molar-refractivity contribution in [2.24, 2.45) is 0 Å². The molecule has 0 aromatic heterocycles. The van der Waals surface area contributed by atoms with E-state index < -0.39 is 6.09 Å². The van der Waals surface area contributed by atoms with E-state index in [1.165, 1.54) is 17.0 Å². The number of ether oxygens (including phenoxy) is 1. The SMILES string of the molecule is CCCOC(=O)N(C)c1cccc(F)c1. The van der Waals surface area contributed by atoms with E-state index in [0.29, 0.717) is 12.3 Å². The average Bonchev–Trinajstić information content (AvgIpc) is 2.24. The molecular formula is C11H14FNO2. The van der Waals surface area contributed by atoms with E-state index in [2.05, 4.69) is 0 Å². The van der Waals surface area contributed by atoms with Crippen LogP contribution in [0.3, 0.4) is 0 Å². The van der Waals surface area contributed by atoms with Crippen LogP contribution in [0, 0.1) is 5.82 Å². The Hall–Kier alpha value is -1.58. The highest BCUT2D eigenvalue weighted by Crippen LogP contribution is 2.14. The Morgan fingerprint density at radius 2 is 2.27 bits per heavy atom. The quantitative estimate of drug-likeness (QED) is 0.769. The molecule has 0 bridgehead atoms. The predicted octanol–water partition coefficient (Wildman–Crippen LogP) is 2.81. The maximum Gasteiger partial charge on any atom is 0.414 e. The van der Waals surface area contributed by atoms with Gasteiger partial charge in [0.2, 0.25) is 0 Å². The third kappa shape index (κ3) is 3.23. The Labute approximate surface area is 88.5 Å². The fraction of sp³-hybridized carbons (Fsp3) is 0.364. The number of halogens is 1. The molecule has 1 rings (SSSR count). The number of nitrogens with zero attached hydrogens (tertiary/aromatic N) is 1. The minimum absolute atomic E-state index is 0.373. The third-order valence-corrected chi connectivity index (χ3v) is 1.90. The van der Waals surface area contributed by atoms with Gasteiger partial charge in [-0.3, -0.25) is 4.90 Å². The van der Waals surface area contributed by atoms with Gasteiger partial charge in [-0.05, 0) is 24.6 Å². The first-order valence-corrected chi connectivity index (χ1v) is 4.81. The molecule has 0 saturated carbocycles. The summed E-state index contributed by atoms with van der Waals surface area (Å²) in [7, 11) is 1.55. The monoisotopic (exact) mass is 211 g/mol. The summed E-state index contributed by atoms with van der Waals surface area (Å²) < 4.78 is 17.8. The van der Waals surface area contributed by atoms with Crippen LogP contribution in [0.15, 0.2) is 24.3 Å².